The SMILES string of the molecule is CC(C)Cc1ccc(F)c2c1CCN(C)C2. The lowest BCUT2D eigenvalue weighted by atomic mass is 9.90. The highest BCUT2D eigenvalue weighted by Crippen LogP contribution is 2.26. The van der Waals surface area contributed by atoms with Gasteiger partial charge in [-0.1, -0.05) is 19.9 Å². The largest absolute Gasteiger partial charge is 0.302 e. The van der Waals surface area contributed by atoms with Crippen LogP contribution in [0.15, 0.2) is 12.1 Å². The minimum absolute atomic E-state index is 0.0333. The molecule has 2 heteroatoms. The molecule has 1 aliphatic rings. The predicted molar refractivity (Wildman–Crippen MR) is 65.0 cm³/mol. The molecular weight excluding hydrogens is 201 g/mol. The Morgan fingerprint density at radius 3 is 2.75 bits per heavy atom. The molecule has 1 aliphatic heterocycles. The lowest BCUT2D eigenvalue weighted by Gasteiger charge is -2.27. The second-order valence-corrected chi connectivity index (χ2v) is 5.25. The number of fused-ring (bicyclic) bond motifs is 1. The smallest absolute Gasteiger partial charge is 0.127 e. The van der Waals surface area contributed by atoms with Crippen molar-refractivity contribution < 1.29 is 4.39 Å². The fourth-order valence-corrected chi connectivity index (χ4v) is 2.48. The molecule has 0 aliphatic carbocycles. The van der Waals surface area contributed by atoms with E-state index in [0.717, 1.165) is 31.5 Å². The van der Waals surface area contributed by atoms with Gasteiger partial charge in [-0.15, -0.1) is 0 Å². The molecule has 0 fully saturated rings. The summed E-state index contributed by atoms with van der Waals surface area (Å²) >= 11 is 0. The molecule has 0 N–H and O–H groups in total. The van der Waals surface area contributed by atoms with Gasteiger partial charge in [0.25, 0.3) is 0 Å². The summed E-state index contributed by atoms with van der Waals surface area (Å²) in [5, 5.41) is 0. The van der Waals surface area contributed by atoms with E-state index in [-0.39, 0.29) is 5.82 Å². The third-order valence-corrected chi connectivity index (χ3v) is 3.27. The normalized spacial score (nSPS) is 16.6. The zero-order chi connectivity index (χ0) is 11.7. The summed E-state index contributed by atoms with van der Waals surface area (Å²) in [6, 6.07) is 3.61. The van der Waals surface area contributed by atoms with E-state index >= 15 is 0 Å². The summed E-state index contributed by atoms with van der Waals surface area (Å²) in [6.45, 7) is 6.23. The van der Waals surface area contributed by atoms with E-state index in [9.17, 15) is 4.39 Å². The van der Waals surface area contributed by atoms with Crippen LogP contribution in [0, 0.1) is 11.7 Å². The molecule has 0 radical (unpaired) electrons. The Morgan fingerprint density at radius 2 is 2.06 bits per heavy atom. The highest BCUT2D eigenvalue weighted by Gasteiger charge is 2.19. The molecule has 1 aromatic rings. The number of halogens is 1. The second-order valence-electron chi connectivity index (χ2n) is 5.25. The van der Waals surface area contributed by atoms with Crippen molar-refractivity contribution in [3.63, 3.8) is 0 Å². The van der Waals surface area contributed by atoms with Gasteiger partial charge in [0.15, 0.2) is 0 Å². The maximum absolute atomic E-state index is 13.7. The van der Waals surface area contributed by atoms with E-state index in [1.807, 2.05) is 6.07 Å². The Morgan fingerprint density at radius 1 is 1.31 bits per heavy atom. The van der Waals surface area contributed by atoms with E-state index in [1.165, 1.54) is 11.1 Å². The first-order valence-corrected chi connectivity index (χ1v) is 6.05. The van der Waals surface area contributed by atoms with E-state index in [0.29, 0.717) is 5.92 Å². The highest BCUT2D eigenvalue weighted by molar-refractivity contribution is 5.38. The van der Waals surface area contributed by atoms with Crippen molar-refractivity contribution in [2.45, 2.75) is 33.2 Å². The zero-order valence-electron chi connectivity index (χ0n) is 10.4. The van der Waals surface area contributed by atoms with Crippen molar-refractivity contribution in [2.24, 2.45) is 5.92 Å². The van der Waals surface area contributed by atoms with Crippen LogP contribution in [0.3, 0.4) is 0 Å². The van der Waals surface area contributed by atoms with E-state index in [1.54, 1.807) is 6.07 Å². The molecule has 0 aromatic heterocycles. The van der Waals surface area contributed by atoms with Crippen LogP contribution in [0.1, 0.15) is 30.5 Å². The quantitative estimate of drug-likeness (QED) is 0.742. The van der Waals surface area contributed by atoms with Gasteiger partial charge in [-0.25, -0.2) is 4.39 Å². The summed E-state index contributed by atoms with van der Waals surface area (Å²) in [7, 11) is 2.05. The van der Waals surface area contributed by atoms with Crippen molar-refractivity contribution in [3.8, 4) is 0 Å². The van der Waals surface area contributed by atoms with E-state index in [2.05, 4.69) is 25.8 Å². The number of likely N-dealkylation sites (N-methyl/N-ethyl adjacent to an activating group) is 1. The molecule has 0 saturated carbocycles. The molecule has 0 spiro atoms. The van der Waals surface area contributed by atoms with Crippen LogP contribution in [0.25, 0.3) is 0 Å². The number of nitrogens with zero attached hydrogens (tertiary/aromatic N) is 1. The van der Waals surface area contributed by atoms with E-state index in [4.69, 9.17) is 0 Å². The molecule has 0 unspecified atom stereocenters. The van der Waals surface area contributed by atoms with Gasteiger partial charge in [-0.05, 0) is 43.0 Å². The first-order chi connectivity index (χ1) is 7.58. The number of hydrogen-bond donors (Lipinski definition) is 0. The average molecular weight is 221 g/mol. The second kappa shape index (κ2) is 4.54. The fourth-order valence-electron chi connectivity index (χ4n) is 2.48. The molecule has 1 nitrogen and oxygen atoms in total. The highest BCUT2D eigenvalue weighted by atomic mass is 19.1. The standard InChI is InChI=1S/C14H20FN/c1-10(2)8-11-4-5-14(15)13-9-16(3)7-6-12(11)13/h4-5,10H,6-9H2,1-3H3. The zero-order valence-corrected chi connectivity index (χ0v) is 10.4. The van der Waals surface area contributed by atoms with Crippen molar-refractivity contribution in [1.29, 1.82) is 0 Å². The number of rotatable bonds is 2. The van der Waals surface area contributed by atoms with Crippen LogP contribution >= 0.6 is 0 Å². The maximum Gasteiger partial charge on any atom is 0.127 e. The Bertz CT molecular complexity index is 385. The van der Waals surface area contributed by atoms with Crippen molar-refractivity contribution in [2.75, 3.05) is 13.6 Å². The van der Waals surface area contributed by atoms with Crippen LogP contribution in [-0.4, -0.2) is 18.5 Å². The van der Waals surface area contributed by atoms with Crippen LogP contribution in [0.2, 0.25) is 0 Å². The van der Waals surface area contributed by atoms with Gasteiger partial charge in [0.2, 0.25) is 0 Å². The van der Waals surface area contributed by atoms with Crippen LogP contribution < -0.4 is 0 Å². The number of hydrogen-bond acceptors (Lipinski definition) is 1. The third-order valence-electron chi connectivity index (χ3n) is 3.27. The maximum atomic E-state index is 13.7. The topological polar surface area (TPSA) is 3.24 Å². The Hall–Kier alpha value is -0.890. The first-order valence-electron chi connectivity index (χ1n) is 6.05. The van der Waals surface area contributed by atoms with Crippen molar-refractivity contribution in [3.05, 3.63) is 34.6 Å². The number of benzene rings is 1. The Balaban J connectivity index is 2.38. The van der Waals surface area contributed by atoms with Gasteiger partial charge in [-0.3, -0.25) is 0 Å². The third kappa shape index (κ3) is 2.27. The molecule has 1 heterocycles. The lowest BCUT2D eigenvalue weighted by Crippen LogP contribution is -2.28. The molecule has 0 atom stereocenters. The minimum atomic E-state index is -0.0333. The molecular formula is C14H20FN. The molecule has 2 rings (SSSR count). The molecule has 88 valence electrons. The van der Waals surface area contributed by atoms with Crippen LogP contribution in [-0.2, 0) is 19.4 Å². The van der Waals surface area contributed by atoms with Gasteiger partial charge in [0, 0.05) is 18.7 Å². The summed E-state index contributed by atoms with van der Waals surface area (Å²) in [5.41, 5.74) is 3.54. The molecule has 0 bridgehead atoms. The van der Waals surface area contributed by atoms with Gasteiger partial charge >= 0.3 is 0 Å². The van der Waals surface area contributed by atoms with E-state index < -0.39 is 0 Å². The van der Waals surface area contributed by atoms with Crippen molar-refractivity contribution >= 4 is 0 Å². The molecule has 0 saturated heterocycles. The summed E-state index contributed by atoms with van der Waals surface area (Å²) in [5.74, 6) is 0.600. The molecule has 0 amide bonds. The predicted octanol–water partition coefficient (Wildman–Crippen LogP) is 3.01. The van der Waals surface area contributed by atoms with Crippen molar-refractivity contribution in [1.82, 2.24) is 4.90 Å². The average Bonchev–Trinajstić information content (AvgIpc) is 2.22. The van der Waals surface area contributed by atoms with Crippen LogP contribution in [0.5, 0.6) is 0 Å². The first kappa shape index (κ1) is 11.6. The minimum Gasteiger partial charge on any atom is -0.302 e. The fraction of sp³-hybridized carbons (Fsp3) is 0.571. The van der Waals surface area contributed by atoms with Gasteiger partial charge in [0.05, 0.1) is 0 Å². The lowest BCUT2D eigenvalue weighted by molar-refractivity contribution is 0.304. The monoisotopic (exact) mass is 221 g/mol. The Kier molecular flexibility index (Phi) is 3.29. The Labute approximate surface area is 97.3 Å². The summed E-state index contributed by atoms with van der Waals surface area (Å²) in [4.78, 5) is 2.19. The van der Waals surface area contributed by atoms with Gasteiger partial charge < -0.3 is 4.90 Å². The van der Waals surface area contributed by atoms with Gasteiger partial charge in [0.1, 0.15) is 5.82 Å². The van der Waals surface area contributed by atoms with Gasteiger partial charge in [-0.2, -0.15) is 0 Å². The summed E-state index contributed by atoms with van der Waals surface area (Å²) in [6.07, 6.45) is 2.05. The molecule has 1 aromatic carbocycles. The van der Waals surface area contributed by atoms with Crippen LogP contribution in [0.4, 0.5) is 4.39 Å². The summed E-state index contributed by atoms with van der Waals surface area (Å²) < 4.78 is 13.7. The molecule has 16 heavy (non-hydrogen) atoms.